The molecule has 0 radical (unpaired) electrons. The van der Waals surface area contributed by atoms with Crippen LogP contribution >= 0.6 is 0 Å². The van der Waals surface area contributed by atoms with Crippen molar-refractivity contribution in [3.63, 3.8) is 0 Å². The van der Waals surface area contributed by atoms with Crippen LogP contribution in [0.3, 0.4) is 0 Å². The molecule has 65 heavy (non-hydrogen) atoms. The van der Waals surface area contributed by atoms with Gasteiger partial charge in [0.2, 0.25) is 27.8 Å². The first-order valence-corrected chi connectivity index (χ1v) is 24.3. The van der Waals surface area contributed by atoms with Crippen LogP contribution in [0.4, 0.5) is 11.6 Å². The minimum atomic E-state index is -3.47. The number of imide groups is 2. The number of carbonyl (C=O) groups is 4. The SMILES string of the molecule is CC(C)(c1ccc(OCCCCCCCCOCCN2CCN(c3ccc4c(c3)C(=O)N(C3CCC(=O)NC3=O)C4=O)CC2)cc1)c1ccc(OCc2ccnc(NS(C)(=O)=O)n2)cc1. The molecule has 16 nitrogen and oxygen atoms in total. The second kappa shape index (κ2) is 21.4. The number of piperidine rings is 1. The third-order valence-electron chi connectivity index (χ3n) is 12.2. The summed E-state index contributed by atoms with van der Waals surface area (Å²) in [6, 6.07) is 22.3. The number of piperazine rings is 1. The van der Waals surface area contributed by atoms with Gasteiger partial charge in [-0.15, -0.1) is 0 Å². The van der Waals surface area contributed by atoms with Crippen molar-refractivity contribution in [2.75, 3.05) is 68.4 Å². The van der Waals surface area contributed by atoms with Crippen LogP contribution < -0.4 is 24.4 Å². The van der Waals surface area contributed by atoms with E-state index in [2.05, 4.69) is 67.9 Å². The molecule has 4 aromatic rings. The molecule has 3 aromatic carbocycles. The number of ether oxygens (including phenoxy) is 3. The molecule has 2 saturated heterocycles. The molecule has 0 bridgehead atoms. The van der Waals surface area contributed by atoms with Gasteiger partial charge < -0.3 is 19.1 Å². The lowest BCUT2D eigenvalue weighted by atomic mass is 9.78. The fourth-order valence-corrected chi connectivity index (χ4v) is 8.77. The highest BCUT2D eigenvalue weighted by Crippen LogP contribution is 2.34. The molecule has 2 fully saturated rings. The third kappa shape index (κ3) is 12.5. The number of hydrogen-bond donors (Lipinski definition) is 2. The molecule has 0 saturated carbocycles. The lowest BCUT2D eigenvalue weighted by Crippen LogP contribution is -2.54. The molecular weight excluding hydrogens is 851 g/mol. The number of unbranched alkanes of at least 4 members (excludes halogenated alkanes) is 5. The van der Waals surface area contributed by atoms with Crippen LogP contribution in [0.2, 0.25) is 0 Å². The van der Waals surface area contributed by atoms with Gasteiger partial charge in [0.1, 0.15) is 24.1 Å². The average Bonchev–Trinajstić information content (AvgIpc) is 3.53. The average molecular weight is 910 g/mol. The maximum absolute atomic E-state index is 13.2. The number of hydrogen-bond acceptors (Lipinski definition) is 13. The van der Waals surface area contributed by atoms with E-state index in [1.165, 1.54) is 24.6 Å². The van der Waals surface area contributed by atoms with E-state index in [9.17, 15) is 27.6 Å². The van der Waals surface area contributed by atoms with Gasteiger partial charge in [0.15, 0.2) is 0 Å². The number of aromatic nitrogens is 2. The molecule has 7 rings (SSSR count). The standard InChI is InChI=1S/C48H59N7O9S/c1-48(2,35-12-17-39(18-13-35)64-33-36-22-23-49-47(50-36)52-65(3,60)61)34-10-15-38(16-11-34)63-30-9-7-5-4-6-8-29-62-31-28-53-24-26-54(27-25-53)37-14-19-40-41(32-37)46(59)55(45(40)58)42-20-21-43(56)51-44(42)57/h10-19,22-23,32,42H,4-9,20-21,24-31,33H2,1-3H3,(H,49,50,52)(H,51,56,57). The summed E-state index contributed by atoms with van der Waals surface area (Å²) in [4.78, 5) is 64.0. The highest BCUT2D eigenvalue weighted by Gasteiger charge is 2.44. The molecule has 0 spiro atoms. The Bertz CT molecular complexity index is 2420. The molecule has 0 aliphatic carbocycles. The lowest BCUT2D eigenvalue weighted by Gasteiger charge is -2.36. The number of rotatable bonds is 22. The zero-order chi connectivity index (χ0) is 46.0. The zero-order valence-corrected chi connectivity index (χ0v) is 38.2. The zero-order valence-electron chi connectivity index (χ0n) is 37.4. The number of nitrogens with one attached hydrogen (secondary N) is 2. The predicted octanol–water partition coefficient (Wildman–Crippen LogP) is 5.71. The fourth-order valence-electron chi connectivity index (χ4n) is 8.34. The molecule has 4 heterocycles. The Morgan fingerprint density at radius 3 is 2.05 bits per heavy atom. The molecule has 1 aromatic heterocycles. The Kier molecular flexibility index (Phi) is 15.5. The van der Waals surface area contributed by atoms with Gasteiger partial charge in [-0.05, 0) is 78.9 Å². The molecule has 3 aliphatic rings. The highest BCUT2D eigenvalue weighted by molar-refractivity contribution is 7.92. The van der Waals surface area contributed by atoms with E-state index in [4.69, 9.17) is 14.2 Å². The van der Waals surface area contributed by atoms with Crippen molar-refractivity contribution in [3.05, 3.63) is 107 Å². The van der Waals surface area contributed by atoms with E-state index in [-0.39, 0.29) is 30.8 Å². The van der Waals surface area contributed by atoms with Gasteiger partial charge in [-0.25, -0.2) is 18.4 Å². The maximum Gasteiger partial charge on any atom is 0.262 e. The van der Waals surface area contributed by atoms with Gasteiger partial charge in [-0.2, -0.15) is 0 Å². The smallest absolute Gasteiger partial charge is 0.262 e. The van der Waals surface area contributed by atoms with Crippen LogP contribution in [0.5, 0.6) is 11.5 Å². The van der Waals surface area contributed by atoms with E-state index in [0.717, 1.165) is 93.2 Å². The van der Waals surface area contributed by atoms with Crippen LogP contribution in [0.1, 0.15) is 103 Å². The lowest BCUT2D eigenvalue weighted by molar-refractivity contribution is -0.136. The summed E-state index contributed by atoms with van der Waals surface area (Å²) in [5.74, 6) is -0.423. The molecule has 17 heteroatoms. The number of benzene rings is 3. The summed E-state index contributed by atoms with van der Waals surface area (Å²) in [6.45, 7) is 10.8. The summed E-state index contributed by atoms with van der Waals surface area (Å²) in [7, 11) is -3.47. The van der Waals surface area contributed by atoms with E-state index in [0.29, 0.717) is 35.8 Å². The van der Waals surface area contributed by atoms with Crippen LogP contribution in [-0.2, 0) is 36.4 Å². The second-order valence-corrected chi connectivity index (χ2v) is 19.0. The number of fused-ring (bicyclic) bond motifs is 1. The van der Waals surface area contributed by atoms with Crippen molar-refractivity contribution < 1.29 is 41.8 Å². The van der Waals surface area contributed by atoms with Gasteiger partial charge in [0.05, 0.1) is 36.3 Å². The van der Waals surface area contributed by atoms with Gasteiger partial charge >= 0.3 is 0 Å². The van der Waals surface area contributed by atoms with Crippen molar-refractivity contribution in [2.45, 2.75) is 83.3 Å². The minimum absolute atomic E-state index is 0.00880. The third-order valence-corrected chi connectivity index (χ3v) is 12.7. The Morgan fingerprint density at radius 1 is 0.754 bits per heavy atom. The van der Waals surface area contributed by atoms with E-state index >= 15 is 0 Å². The first-order valence-electron chi connectivity index (χ1n) is 22.4. The van der Waals surface area contributed by atoms with Crippen molar-refractivity contribution in [1.82, 2.24) is 25.1 Å². The number of anilines is 2. The fraction of sp³-hybridized carbons (Fsp3) is 0.458. The molecular formula is C48H59N7O9S. The first-order chi connectivity index (χ1) is 31.2. The number of amides is 4. The molecule has 2 N–H and O–H groups in total. The maximum atomic E-state index is 13.2. The normalized spacial score (nSPS) is 17.0. The molecule has 4 amide bonds. The van der Waals surface area contributed by atoms with E-state index < -0.39 is 39.7 Å². The van der Waals surface area contributed by atoms with E-state index in [1.807, 2.05) is 30.3 Å². The first kappa shape index (κ1) is 47.1. The monoisotopic (exact) mass is 909 g/mol. The van der Waals surface area contributed by atoms with Crippen molar-refractivity contribution >= 4 is 45.3 Å². The minimum Gasteiger partial charge on any atom is -0.494 e. The number of carbonyl (C=O) groups excluding carboxylic acids is 4. The van der Waals surface area contributed by atoms with Gasteiger partial charge in [-0.1, -0.05) is 63.8 Å². The summed E-state index contributed by atoms with van der Waals surface area (Å²) in [5.41, 5.74) is 4.09. The largest absolute Gasteiger partial charge is 0.494 e. The highest BCUT2D eigenvalue weighted by atomic mass is 32.2. The summed E-state index contributed by atoms with van der Waals surface area (Å²) in [5, 5.41) is 2.24. The number of nitrogens with zero attached hydrogens (tertiary/aromatic N) is 5. The summed E-state index contributed by atoms with van der Waals surface area (Å²) < 4.78 is 43.2. The molecule has 346 valence electrons. The topological polar surface area (TPSA) is 190 Å². The van der Waals surface area contributed by atoms with Gasteiger partial charge in [0.25, 0.3) is 11.8 Å². The number of sulfonamides is 1. The Hall–Kier alpha value is -5.91. The second-order valence-electron chi connectivity index (χ2n) is 17.3. The van der Waals surface area contributed by atoms with Crippen LogP contribution in [0.25, 0.3) is 0 Å². The van der Waals surface area contributed by atoms with Gasteiger partial charge in [-0.3, -0.25) is 39.0 Å². The quantitative estimate of drug-likeness (QED) is 0.0721. The summed E-state index contributed by atoms with van der Waals surface area (Å²) in [6.07, 6.45) is 9.43. The van der Waals surface area contributed by atoms with E-state index in [1.54, 1.807) is 18.2 Å². The van der Waals surface area contributed by atoms with Gasteiger partial charge in [0, 0.05) is 63.1 Å². The molecule has 1 unspecified atom stereocenters. The molecule has 1 atom stereocenters. The van der Waals surface area contributed by atoms with Crippen molar-refractivity contribution in [2.24, 2.45) is 0 Å². The Balaban J connectivity index is 0.710. The predicted molar refractivity (Wildman–Crippen MR) is 246 cm³/mol. The van der Waals surface area contributed by atoms with Crippen molar-refractivity contribution in [1.29, 1.82) is 0 Å². The Morgan fingerprint density at radius 2 is 1.38 bits per heavy atom. The Labute approximate surface area is 381 Å². The van der Waals surface area contributed by atoms with Crippen LogP contribution in [-0.4, -0.2) is 117 Å². The van der Waals surface area contributed by atoms with Crippen LogP contribution in [0, 0.1) is 0 Å². The van der Waals surface area contributed by atoms with Crippen LogP contribution in [0.15, 0.2) is 79.0 Å². The molecule has 3 aliphatic heterocycles. The van der Waals surface area contributed by atoms with Crippen molar-refractivity contribution in [3.8, 4) is 11.5 Å². The summed E-state index contributed by atoms with van der Waals surface area (Å²) >= 11 is 0.